The molecule has 1 saturated carbocycles. The van der Waals surface area contributed by atoms with Crippen LogP contribution in [0.2, 0.25) is 0 Å². The fraction of sp³-hybridized carbons (Fsp3) is 0.407. The average molecular weight is 490 g/mol. The second-order valence-electron chi connectivity index (χ2n) is 10.1. The van der Waals surface area contributed by atoms with Gasteiger partial charge in [-0.25, -0.2) is 13.8 Å². The van der Waals surface area contributed by atoms with Crippen LogP contribution < -0.4 is 5.56 Å². The molecule has 0 radical (unpaired) electrons. The van der Waals surface area contributed by atoms with Crippen molar-refractivity contribution in [1.29, 1.82) is 0 Å². The summed E-state index contributed by atoms with van der Waals surface area (Å²) in [7, 11) is 0. The van der Waals surface area contributed by atoms with Crippen LogP contribution in [0.3, 0.4) is 0 Å². The number of pyridine rings is 1. The van der Waals surface area contributed by atoms with Gasteiger partial charge in [-0.05, 0) is 50.3 Å². The molecule has 0 spiro atoms. The first-order valence-electron chi connectivity index (χ1n) is 12.6. The fourth-order valence-electron chi connectivity index (χ4n) is 5.54. The second kappa shape index (κ2) is 8.30. The quantitative estimate of drug-likeness (QED) is 0.410. The lowest BCUT2D eigenvalue weighted by Gasteiger charge is -2.29. The molecule has 7 rings (SSSR count). The van der Waals surface area contributed by atoms with Crippen molar-refractivity contribution in [3.63, 3.8) is 0 Å². The summed E-state index contributed by atoms with van der Waals surface area (Å²) in [5.41, 5.74) is 2.42. The number of hydrogen-bond donors (Lipinski definition) is 0. The number of rotatable bonds is 4. The summed E-state index contributed by atoms with van der Waals surface area (Å²) >= 11 is 0. The molecule has 5 heterocycles. The van der Waals surface area contributed by atoms with Crippen molar-refractivity contribution in [2.75, 3.05) is 6.61 Å². The Morgan fingerprint density at radius 2 is 1.97 bits per heavy atom. The Bertz CT molecular complexity index is 1560. The van der Waals surface area contributed by atoms with Crippen LogP contribution in [0.1, 0.15) is 67.2 Å². The van der Waals surface area contributed by atoms with E-state index in [2.05, 4.69) is 11.3 Å². The molecule has 2 atom stereocenters. The predicted molar refractivity (Wildman–Crippen MR) is 129 cm³/mol. The van der Waals surface area contributed by atoms with Crippen LogP contribution in [-0.2, 0) is 17.7 Å². The van der Waals surface area contributed by atoms with Gasteiger partial charge in [0.1, 0.15) is 23.0 Å². The number of hydrogen-bond acceptors (Lipinski definition) is 5. The molecular formula is C27H25F2N5O2. The molecule has 9 heteroatoms. The first kappa shape index (κ1) is 21.8. The normalized spacial score (nSPS) is 21.7. The summed E-state index contributed by atoms with van der Waals surface area (Å²) in [6.45, 7) is 1.17. The standard InChI is InChI=1S/C27H25F2N5O2/c28-17-3-6-19(21(29)11-17)25-26-20(27(35)33-8-1-2-24(33)32-26)12-22(31-25)15-7-9-36-23(10-15)16-13-30-34(14-16)18-4-5-18/h3,6,11-15,18,23H,1-2,4-5,7-10H2/t15-,23-/m1/s1. The molecule has 3 aromatic heterocycles. The number of aromatic nitrogens is 5. The maximum atomic E-state index is 14.9. The molecule has 1 aliphatic carbocycles. The van der Waals surface area contributed by atoms with Crippen LogP contribution in [0.15, 0.2) is 41.5 Å². The lowest BCUT2D eigenvalue weighted by Crippen LogP contribution is -2.23. The van der Waals surface area contributed by atoms with Gasteiger partial charge in [0.25, 0.3) is 5.56 Å². The molecule has 1 saturated heterocycles. The van der Waals surface area contributed by atoms with E-state index in [0.717, 1.165) is 37.3 Å². The fourth-order valence-corrected chi connectivity index (χ4v) is 5.54. The smallest absolute Gasteiger partial charge is 0.261 e. The highest BCUT2D eigenvalue weighted by atomic mass is 19.1. The molecule has 0 N–H and O–H groups in total. The summed E-state index contributed by atoms with van der Waals surface area (Å²) < 4.78 is 38.5. The minimum absolute atomic E-state index is 0.0114. The van der Waals surface area contributed by atoms with Gasteiger partial charge in [0.2, 0.25) is 0 Å². The van der Waals surface area contributed by atoms with E-state index in [-0.39, 0.29) is 28.8 Å². The van der Waals surface area contributed by atoms with Gasteiger partial charge in [-0.2, -0.15) is 5.10 Å². The highest BCUT2D eigenvalue weighted by molar-refractivity contribution is 5.91. The van der Waals surface area contributed by atoms with Crippen molar-refractivity contribution in [3.05, 3.63) is 75.7 Å². The summed E-state index contributed by atoms with van der Waals surface area (Å²) in [5, 5.41) is 4.93. The van der Waals surface area contributed by atoms with E-state index in [0.29, 0.717) is 54.5 Å². The zero-order valence-electron chi connectivity index (χ0n) is 19.7. The third-order valence-electron chi connectivity index (χ3n) is 7.63. The zero-order valence-corrected chi connectivity index (χ0v) is 19.7. The van der Waals surface area contributed by atoms with Gasteiger partial charge < -0.3 is 4.74 Å². The Morgan fingerprint density at radius 1 is 1.08 bits per heavy atom. The maximum Gasteiger partial charge on any atom is 0.261 e. The Balaban J connectivity index is 1.34. The molecule has 1 aromatic carbocycles. The summed E-state index contributed by atoms with van der Waals surface area (Å²) in [4.78, 5) is 23.1. The number of fused-ring (bicyclic) bond motifs is 2. The van der Waals surface area contributed by atoms with E-state index in [1.165, 1.54) is 12.1 Å². The maximum absolute atomic E-state index is 14.9. The van der Waals surface area contributed by atoms with E-state index in [1.54, 1.807) is 4.57 Å². The highest BCUT2D eigenvalue weighted by Gasteiger charge is 2.31. The monoisotopic (exact) mass is 489 g/mol. The van der Waals surface area contributed by atoms with Crippen LogP contribution in [-0.4, -0.2) is 30.9 Å². The summed E-state index contributed by atoms with van der Waals surface area (Å²) in [6.07, 6.45) is 9.08. The molecule has 2 fully saturated rings. The highest BCUT2D eigenvalue weighted by Crippen LogP contribution is 2.40. The van der Waals surface area contributed by atoms with E-state index >= 15 is 0 Å². The van der Waals surface area contributed by atoms with Crippen LogP contribution in [0, 0.1) is 11.6 Å². The molecular weight excluding hydrogens is 464 g/mol. The second-order valence-corrected chi connectivity index (χ2v) is 10.1. The van der Waals surface area contributed by atoms with Crippen molar-refractivity contribution in [1.82, 2.24) is 24.3 Å². The SMILES string of the molecule is O=c1c2cc([C@@H]3CCO[C@@H](c4cnn(C5CC5)c4)C3)nc(-c3ccc(F)cc3F)c2nc2n1CCC2. The van der Waals surface area contributed by atoms with Gasteiger partial charge in [-0.15, -0.1) is 0 Å². The van der Waals surface area contributed by atoms with Crippen LogP contribution >= 0.6 is 0 Å². The zero-order chi connectivity index (χ0) is 24.4. The van der Waals surface area contributed by atoms with E-state index in [4.69, 9.17) is 14.7 Å². The number of nitrogens with zero attached hydrogens (tertiary/aromatic N) is 5. The lowest BCUT2D eigenvalue weighted by molar-refractivity contribution is 0.00463. The molecule has 7 nitrogen and oxygen atoms in total. The van der Waals surface area contributed by atoms with Gasteiger partial charge in [-0.3, -0.25) is 19.0 Å². The van der Waals surface area contributed by atoms with Gasteiger partial charge in [-0.1, -0.05) is 0 Å². The van der Waals surface area contributed by atoms with Crippen molar-refractivity contribution >= 4 is 10.9 Å². The van der Waals surface area contributed by atoms with Gasteiger partial charge >= 0.3 is 0 Å². The first-order chi connectivity index (χ1) is 17.5. The number of aryl methyl sites for hydroxylation is 1. The molecule has 0 amide bonds. The van der Waals surface area contributed by atoms with E-state index in [1.807, 2.05) is 16.9 Å². The molecule has 4 aromatic rings. The Hall–Kier alpha value is -3.46. The van der Waals surface area contributed by atoms with Gasteiger partial charge in [0.15, 0.2) is 0 Å². The van der Waals surface area contributed by atoms with Crippen LogP contribution in [0.4, 0.5) is 8.78 Å². The van der Waals surface area contributed by atoms with E-state index in [9.17, 15) is 13.6 Å². The average Bonchev–Trinajstić information content (AvgIpc) is 3.41. The Kier molecular flexibility index (Phi) is 5.02. The third-order valence-corrected chi connectivity index (χ3v) is 7.63. The third kappa shape index (κ3) is 3.64. The van der Waals surface area contributed by atoms with Crippen molar-refractivity contribution in [2.45, 2.75) is 63.1 Å². The lowest BCUT2D eigenvalue weighted by atomic mass is 9.89. The molecule has 3 aliphatic rings. The minimum Gasteiger partial charge on any atom is -0.373 e. The van der Waals surface area contributed by atoms with Gasteiger partial charge in [0, 0.05) is 54.6 Å². The minimum atomic E-state index is -0.722. The Labute approximate surface area is 205 Å². The van der Waals surface area contributed by atoms with Crippen molar-refractivity contribution < 1.29 is 13.5 Å². The van der Waals surface area contributed by atoms with E-state index < -0.39 is 11.6 Å². The first-order valence-corrected chi connectivity index (χ1v) is 12.6. The van der Waals surface area contributed by atoms with Crippen LogP contribution in [0.5, 0.6) is 0 Å². The molecule has 0 unspecified atom stereocenters. The van der Waals surface area contributed by atoms with Crippen LogP contribution in [0.25, 0.3) is 22.2 Å². The molecule has 36 heavy (non-hydrogen) atoms. The summed E-state index contributed by atoms with van der Waals surface area (Å²) in [5.74, 6) is -0.688. The predicted octanol–water partition coefficient (Wildman–Crippen LogP) is 4.85. The number of benzene rings is 1. The molecule has 2 aliphatic heterocycles. The van der Waals surface area contributed by atoms with Crippen molar-refractivity contribution in [3.8, 4) is 11.3 Å². The molecule has 0 bridgehead atoms. The largest absolute Gasteiger partial charge is 0.373 e. The van der Waals surface area contributed by atoms with Gasteiger partial charge in [0.05, 0.1) is 29.4 Å². The summed E-state index contributed by atoms with van der Waals surface area (Å²) in [6, 6.07) is 5.75. The number of ether oxygens (including phenoxy) is 1. The Morgan fingerprint density at radius 3 is 2.81 bits per heavy atom. The topological polar surface area (TPSA) is 74.8 Å². The molecule has 184 valence electrons. The van der Waals surface area contributed by atoms with Crippen molar-refractivity contribution in [2.24, 2.45) is 0 Å². The number of halogens is 2.